The molecule has 1 aliphatic heterocycles. The smallest absolute Gasteiger partial charge is 0.308 e. The summed E-state index contributed by atoms with van der Waals surface area (Å²) in [6.07, 6.45) is 1.94. The SMILES string of the molecule is O=C(Cn1c(=O)sc2cc(S(=O)(=O)NCc3ccc(F)cc3)ccc21)N1CCCC1. The van der Waals surface area contributed by atoms with Crippen molar-refractivity contribution >= 4 is 37.5 Å². The van der Waals surface area contributed by atoms with Crippen molar-refractivity contribution in [3.8, 4) is 0 Å². The van der Waals surface area contributed by atoms with Gasteiger partial charge in [-0.05, 0) is 48.7 Å². The molecule has 0 spiro atoms. The van der Waals surface area contributed by atoms with Crippen LogP contribution in [0.3, 0.4) is 0 Å². The zero-order chi connectivity index (χ0) is 21.3. The van der Waals surface area contributed by atoms with E-state index in [4.69, 9.17) is 0 Å². The number of rotatable bonds is 6. The molecular weight excluding hydrogens is 429 g/mol. The van der Waals surface area contributed by atoms with Crippen LogP contribution in [0.4, 0.5) is 4.39 Å². The summed E-state index contributed by atoms with van der Waals surface area (Å²) in [5, 5.41) is 0. The third-order valence-electron chi connectivity index (χ3n) is 5.08. The number of amides is 1. The number of fused-ring (bicyclic) bond motifs is 1. The Labute approximate surface area is 176 Å². The molecule has 0 atom stereocenters. The Morgan fingerprint density at radius 2 is 1.80 bits per heavy atom. The summed E-state index contributed by atoms with van der Waals surface area (Å²) in [5.74, 6) is -0.498. The summed E-state index contributed by atoms with van der Waals surface area (Å²) in [5.41, 5.74) is 1.16. The molecule has 0 radical (unpaired) electrons. The van der Waals surface area contributed by atoms with Crippen LogP contribution in [0.5, 0.6) is 0 Å². The molecule has 30 heavy (non-hydrogen) atoms. The van der Waals surface area contributed by atoms with E-state index in [1.165, 1.54) is 41.0 Å². The van der Waals surface area contributed by atoms with E-state index in [1.54, 1.807) is 11.0 Å². The van der Waals surface area contributed by atoms with E-state index in [0.29, 0.717) is 28.9 Å². The number of halogens is 1. The number of aromatic nitrogens is 1. The number of thiazole rings is 1. The molecular formula is C20H20FN3O4S2. The maximum atomic E-state index is 13.0. The highest BCUT2D eigenvalue weighted by atomic mass is 32.2. The lowest BCUT2D eigenvalue weighted by Crippen LogP contribution is -2.33. The van der Waals surface area contributed by atoms with Crippen molar-refractivity contribution in [2.75, 3.05) is 13.1 Å². The Bertz CT molecular complexity index is 1240. The lowest BCUT2D eigenvalue weighted by molar-refractivity contribution is -0.130. The Morgan fingerprint density at radius 1 is 1.10 bits per heavy atom. The van der Waals surface area contributed by atoms with E-state index in [0.717, 1.165) is 24.2 Å². The minimum Gasteiger partial charge on any atom is -0.341 e. The molecule has 0 aliphatic carbocycles. The number of carbonyl (C=O) groups excluding carboxylic acids is 1. The van der Waals surface area contributed by atoms with Crippen LogP contribution in [0.2, 0.25) is 0 Å². The van der Waals surface area contributed by atoms with Gasteiger partial charge in [0, 0.05) is 19.6 Å². The van der Waals surface area contributed by atoms with Crippen molar-refractivity contribution in [3.05, 3.63) is 63.5 Å². The fourth-order valence-corrected chi connectivity index (χ4v) is 5.48. The normalized spacial score (nSPS) is 14.5. The van der Waals surface area contributed by atoms with Crippen molar-refractivity contribution in [2.45, 2.75) is 30.8 Å². The highest BCUT2D eigenvalue weighted by Gasteiger charge is 2.21. The average molecular weight is 450 g/mol. The van der Waals surface area contributed by atoms with Gasteiger partial charge in [-0.25, -0.2) is 17.5 Å². The Hall–Kier alpha value is -2.56. The first kappa shape index (κ1) is 20.7. The maximum absolute atomic E-state index is 13.0. The van der Waals surface area contributed by atoms with E-state index >= 15 is 0 Å². The number of nitrogens with zero attached hydrogens (tertiary/aromatic N) is 2. The number of sulfonamides is 1. The average Bonchev–Trinajstić information content (AvgIpc) is 3.36. The Morgan fingerprint density at radius 3 is 2.50 bits per heavy atom. The fraction of sp³-hybridized carbons (Fsp3) is 0.300. The molecule has 7 nitrogen and oxygen atoms in total. The number of nitrogens with one attached hydrogen (secondary N) is 1. The monoisotopic (exact) mass is 449 g/mol. The van der Waals surface area contributed by atoms with E-state index in [2.05, 4.69) is 4.72 Å². The van der Waals surface area contributed by atoms with Gasteiger partial charge < -0.3 is 4.90 Å². The second-order valence-corrected chi connectivity index (χ2v) is 9.88. The van der Waals surface area contributed by atoms with Crippen molar-refractivity contribution < 1.29 is 17.6 Å². The first-order valence-corrected chi connectivity index (χ1v) is 11.8. The van der Waals surface area contributed by atoms with E-state index in [-0.39, 0.29) is 28.8 Å². The van der Waals surface area contributed by atoms with Gasteiger partial charge in [0.2, 0.25) is 15.9 Å². The molecule has 1 aromatic heterocycles. The van der Waals surface area contributed by atoms with Crippen LogP contribution >= 0.6 is 11.3 Å². The topological polar surface area (TPSA) is 88.5 Å². The number of hydrogen-bond acceptors (Lipinski definition) is 5. The zero-order valence-corrected chi connectivity index (χ0v) is 17.6. The van der Waals surface area contributed by atoms with Crippen molar-refractivity contribution in [1.29, 1.82) is 0 Å². The van der Waals surface area contributed by atoms with Gasteiger partial charge >= 0.3 is 4.87 Å². The van der Waals surface area contributed by atoms with Crippen LogP contribution in [0, 0.1) is 5.82 Å². The van der Waals surface area contributed by atoms with Gasteiger partial charge in [0.25, 0.3) is 0 Å². The van der Waals surface area contributed by atoms with Gasteiger partial charge in [0.05, 0.1) is 15.1 Å². The van der Waals surface area contributed by atoms with Crippen LogP contribution < -0.4 is 9.60 Å². The second-order valence-electron chi connectivity index (χ2n) is 7.12. The summed E-state index contributed by atoms with van der Waals surface area (Å²) in [6.45, 7) is 1.38. The molecule has 2 aromatic carbocycles. The molecule has 4 rings (SSSR count). The molecule has 1 N–H and O–H groups in total. The van der Waals surface area contributed by atoms with Gasteiger partial charge in [-0.2, -0.15) is 0 Å². The summed E-state index contributed by atoms with van der Waals surface area (Å²) >= 11 is 0.912. The Balaban J connectivity index is 1.55. The van der Waals surface area contributed by atoms with E-state index in [9.17, 15) is 22.4 Å². The Kier molecular flexibility index (Phi) is 5.72. The molecule has 3 aromatic rings. The highest BCUT2D eigenvalue weighted by molar-refractivity contribution is 7.89. The summed E-state index contributed by atoms with van der Waals surface area (Å²) in [4.78, 5) is 26.3. The molecule has 1 aliphatic rings. The number of likely N-dealkylation sites (tertiary alicyclic amines) is 1. The van der Waals surface area contributed by atoms with Gasteiger partial charge in [-0.3, -0.25) is 14.2 Å². The minimum absolute atomic E-state index is 0.0161. The number of benzene rings is 2. The standard InChI is InChI=1S/C20H20FN3O4S2/c21-15-5-3-14(4-6-15)12-22-30(27,28)16-7-8-17-18(11-16)29-20(26)24(17)13-19(25)23-9-1-2-10-23/h3-8,11,22H,1-2,9-10,12-13H2. The summed E-state index contributed by atoms with van der Waals surface area (Å²) < 4.78 is 42.6. The molecule has 2 heterocycles. The van der Waals surface area contributed by atoms with Crippen LogP contribution in [-0.4, -0.2) is 36.9 Å². The first-order chi connectivity index (χ1) is 14.3. The molecule has 0 saturated carbocycles. The van der Waals surface area contributed by atoms with Crippen LogP contribution in [0.1, 0.15) is 18.4 Å². The summed E-state index contributed by atoms with van der Waals surface area (Å²) in [7, 11) is -3.82. The first-order valence-electron chi connectivity index (χ1n) is 9.49. The van der Waals surface area contributed by atoms with Gasteiger partial charge in [-0.1, -0.05) is 23.5 Å². The fourth-order valence-electron chi connectivity index (χ4n) is 3.43. The highest BCUT2D eigenvalue weighted by Crippen LogP contribution is 2.22. The third kappa shape index (κ3) is 4.30. The van der Waals surface area contributed by atoms with Crippen molar-refractivity contribution in [3.63, 3.8) is 0 Å². The summed E-state index contributed by atoms with van der Waals surface area (Å²) in [6, 6.07) is 9.94. The lowest BCUT2D eigenvalue weighted by Gasteiger charge is -2.15. The van der Waals surface area contributed by atoms with Crippen LogP contribution in [0.25, 0.3) is 10.2 Å². The molecule has 158 valence electrons. The maximum Gasteiger partial charge on any atom is 0.308 e. The van der Waals surface area contributed by atoms with Crippen molar-refractivity contribution in [2.24, 2.45) is 0 Å². The van der Waals surface area contributed by atoms with Crippen LogP contribution in [-0.2, 0) is 27.9 Å². The zero-order valence-electron chi connectivity index (χ0n) is 16.0. The van der Waals surface area contributed by atoms with Crippen LogP contribution in [0.15, 0.2) is 52.2 Å². The quantitative estimate of drug-likeness (QED) is 0.626. The number of hydrogen-bond donors (Lipinski definition) is 1. The molecule has 0 bridgehead atoms. The van der Waals surface area contributed by atoms with Gasteiger partial charge in [0.15, 0.2) is 0 Å². The second kappa shape index (κ2) is 8.29. The van der Waals surface area contributed by atoms with E-state index in [1.807, 2.05) is 0 Å². The molecule has 0 unspecified atom stereocenters. The molecule has 10 heteroatoms. The molecule has 1 saturated heterocycles. The molecule has 1 amide bonds. The minimum atomic E-state index is -3.82. The largest absolute Gasteiger partial charge is 0.341 e. The van der Waals surface area contributed by atoms with Gasteiger partial charge in [-0.15, -0.1) is 0 Å². The number of carbonyl (C=O) groups is 1. The molecule has 1 fully saturated rings. The predicted octanol–water partition coefficient (Wildman–Crippen LogP) is 2.30. The predicted molar refractivity (Wildman–Crippen MR) is 112 cm³/mol. The van der Waals surface area contributed by atoms with Crippen molar-refractivity contribution in [1.82, 2.24) is 14.2 Å². The lowest BCUT2D eigenvalue weighted by atomic mass is 10.2. The third-order valence-corrected chi connectivity index (χ3v) is 7.42. The van der Waals surface area contributed by atoms with Gasteiger partial charge in [0.1, 0.15) is 12.4 Å². The van der Waals surface area contributed by atoms with E-state index < -0.39 is 15.8 Å².